The quantitative estimate of drug-likeness (QED) is 0.673. The lowest BCUT2D eigenvalue weighted by atomic mass is 10.00. The zero-order valence-electron chi connectivity index (χ0n) is 11.5. The summed E-state index contributed by atoms with van der Waals surface area (Å²) in [6.07, 6.45) is 9.64. The van der Waals surface area contributed by atoms with Crippen LogP contribution >= 0.6 is 0 Å². The Bertz CT molecular complexity index is 319. The highest BCUT2D eigenvalue weighted by Crippen LogP contribution is 2.22. The third kappa shape index (κ3) is 5.66. The number of hydrogen-bond acceptors (Lipinski definition) is 3. The average Bonchev–Trinajstić information content (AvgIpc) is 2.27. The summed E-state index contributed by atoms with van der Waals surface area (Å²) in [6.45, 7) is 8.35. The summed E-state index contributed by atoms with van der Waals surface area (Å²) in [6, 6.07) is 0. The van der Waals surface area contributed by atoms with Gasteiger partial charge < -0.3 is 4.74 Å². The van der Waals surface area contributed by atoms with E-state index in [0.717, 1.165) is 18.0 Å². The van der Waals surface area contributed by atoms with Gasteiger partial charge in [0, 0.05) is 0 Å². The summed E-state index contributed by atoms with van der Waals surface area (Å²) in [7, 11) is 0. The number of nitrogens with zero attached hydrogens (tertiary/aromatic N) is 2. The van der Waals surface area contributed by atoms with Crippen molar-refractivity contribution < 1.29 is 4.74 Å². The van der Waals surface area contributed by atoms with Crippen molar-refractivity contribution in [2.75, 3.05) is 0 Å². The van der Waals surface area contributed by atoms with Gasteiger partial charge in [-0.25, -0.2) is 9.97 Å². The lowest BCUT2D eigenvalue weighted by molar-refractivity contribution is 0.0950. The van der Waals surface area contributed by atoms with Gasteiger partial charge in [-0.05, 0) is 33.6 Å². The van der Waals surface area contributed by atoms with E-state index >= 15 is 0 Å². The van der Waals surface area contributed by atoms with Crippen LogP contribution in [-0.2, 0) is 0 Å². The van der Waals surface area contributed by atoms with Crippen molar-refractivity contribution >= 4 is 0 Å². The molecule has 0 aliphatic heterocycles. The first kappa shape index (κ1) is 13.9. The zero-order valence-corrected chi connectivity index (χ0v) is 11.5. The molecule has 0 aliphatic carbocycles. The van der Waals surface area contributed by atoms with Crippen molar-refractivity contribution in [2.45, 2.75) is 65.4 Å². The lowest BCUT2D eigenvalue weighted by Crippen LogP contribution is -2.28. The Kier molecular flexibility index (Phi) is 5.39. The molecule has 1 aromatic heterocycles. The molecule has 0 atom stereocenters. The van der Waals surface area contributed by atoms with Gasteiger partial charge in [-0.15, -0.1) is 0 Å². The molecule has 0 N–H and O–H groups in total. The molecule has 0 amide bonds. The maximum Gasteiger partial charge on any atom is 0.156 e. The standard InChI is InChI=1S/C14H24N2O/c1-5-6-7-8-9-14(3,4)17-13-10-15-12(2)16-11-13/h10-11H,5-9H2,1-4H3. The highest BCUT2D eigenvalue weighted by atomic mass is 16.5. The van der Waals surface area contributed by atoms with Crippen LogP contribution in [0.5, 0.6) is 5.75 Å². The van der Waals surface area contributed by atoms with E-state index in [4.69, 9.17) is 4.74 Å². The summed E-state index contributed by atoms with van der Waals surface area (Å²) >= 11 is 0. The first-order chi connectivity index (χ1) is 8.03. The van der Waals surface area contributed by atoms with Gasteiger partial charge in [0.2, 0.25) is 0 Å². The van der Waals surface area contributed by atoms with Gasteiger partial charge in [-0.3, -0.25) is 0 Å². The molecular weight excluding hydrogens is 212 g/mol. The summed E-state index contributed by atoms with van der Waals surface area (Å²) in [5, 5.41) is 0. The van der Waals surface area contributed by atoms with Crippen LogP contribution in [0.2, 0.25) is 0 Å². The van der Waals surface area contributed by atoms with E-state index < -0.39 is 0 Å². The summed E-state index contributed by atoms with van der Waals surface area (Å²) < 4.78 is 5.91. The second kappa shape index (κ2) is 6.58. The molecule has 0 unspecified atom stereocenters. The van der Waals surface area contributed by atoms with Gasteiger partial charge in [0.05, 0.1) is 12.4 Å². The Morgan fingerprint density at radius 2 is 1.76 bits per heavy atom. The van der Waals surface area contributed by atoms with Gasteiger partial charge in [-0.2, -0.15) is 0 Å². The van der Waals surface area contributed by atoms with Crippen LogP contribution in [0.4, 0.5) is 0 Å². The van der Waals surface area contributed by atoms with Crippen molar-refractivity contribution in [3.63, 3.8) is 0 Å². The second-order valence-corrected chi connectivity index (χ2v) is 5.14. The van der Waals surface area contributed by atoms with E-state index in [1.165, 1.54) is 25.7 Å². The molecule has 0 aliphatic rings. The molecule has 1 aromatic rings. The molecule has 0 spiro atoms. The number of aryl methyl sites for hydroxylation is 1. The largest absolute Gasteiger partial charge is 0.485 e. The van der Waals surface area contributed by atoms with Crippen LogP contribution in [0.1, 0.15) is 58.7 Å². The number of unbranched alkanes of at least 4 members (excludes halogenated alkanes) is 3. The SMILES string of the molecule is CCCCCCC(C)(C)Oc1cnc(C)nc1. The van der Waals surface area contributed by atoms with Crippen molar-refractivity contribution in [3.05, 3.63) is 18.2 Å². The third-order valence-corrected chi connectivity index (χ3v) is 2.78. The zero-order chi connectivity index (χ0) is 12.7. The number of ether oxygens (including phenoxy) is 1. The Morgan fingerprint density at radius 1 is 1.12 bits per heavy atom. The third-order valence-electron chi connectivity index (χ3n) is 2.78. The number of hydrogen-bond donors (Lipinski definition) is 0. The lowest BCUT2D eigenvalue weighted by Gasteiger charge is -2.26. The predicted molar refractivity (Wildman–Crippen MR) is 70.2 cm³/mol. The van der Waals surface area contributed by atoms with Gasteiger partial charge in [0.1, 0.15) is 11.4 Å². The maximum absolute atomic E-state index is 5.91. The molecule has 1 heterocycles. The molecule has 17 heavy (non-hydrogen) atoms. The van der Waals surface area contributed by atoms with Crippen LogP contribution < -0.4 is 4.74 Å². The van der Waals surface area contributed by atoms with Gasteiger partial charge >= 0.3 is 0 Å². The normalized spacial score (nSPS) is 11.5. The minimum absolute atomic E-state index is 0.133. The van der Waals surface area contributed by atoms with Crippen LogP contribution in [0.25, 0.3) is 0 Å². The van der Waals surface area contributed by atoms with Gasteiger partial charge in [0.25, 0.3) is 0 Å². The Balaban J connectivity index is 2.40. The Hall–Kier alpha value is -1.12. The van der Waals surface area contributed by atoms with Crippen LogP contribution in [0.15, 0.2) is 12.4 Å². The molecule has 0 fully saturated rings. The summed E-state index contributed by atoms with van der Waals surface area (Å²) in [4.78, 5) is 8.27. The molecular formula is C14H24N2O. The Labute approximate surface area is 105 Å². The number of rotatable bonds is 7. The van der Waals surface area contributed by atoms with Crippen LogP contribution in [-0.4, -0.2) is 15.6 Å². The molecule has 3 nitrogen and oxygen atoms in total. The summed E-state index contributed by atoms with van der Waals surface area (Å²) in [5.74, 6) is 1.54. The van der Waals surface area contributed by atoms with E-state index in [1.807, 2.05) is 6.92 Å². The van der Waals surface area contributed by atoms with E-state index in [1.54, 1.807) is 12.4 Å². The summed E-state index contributed by atoms with van der Waals surface area (Å²) in [5.41, 5.74) is -0.133. The number of aromatic nitrogens is 2. The van der Waals surface area contributed by atoms with E-state index in [2.05, 4.69) is 30.7 Å². The van der Waals surface area contributed by atoms with Crippen LogP contribution in [0.3, 0.4) is 0 Å². The fourth-order valence-electron chi connectivity index (χ4n) is 1.78. The first-order valence-electron chi connectivity index (χ1n) is 6.51. The predicted octanol–water partition coefficient (Wildman–Crippen LogP) is 3.91. The molecule has 3 heteroatoms. The maximum atomic E-state index is 5.91. The van der Waals surface area contributed by atoms with E-state index in [9.17, 15) is 0 Å². The van der Waals surface area contributed by atoms with E-state index in [0.29, 0.717) is 0 Å². The topological polar surface area (TPSA) is 35.0 Å². The van der Waals surface area contributed by atoms with Crippen molar-refractivity contribution in [1.82, 2.24) is 9.97 Å². The Morgan fingerprint density at radius 3 is 2.35 bits per heavy atom. The molecule has 0 saturated heterocycles. The van der Waals surface area contributed by atoms with Crippen molar-refractivity contribution in [2.24, 2.45) is 0 Å². The molecule has 0 bridgehead atoms. The van der Waals surface area contributed by atoms with Crippen molar-refractivity contribution in [1.29, 1.82) is 0 Å². The smallest absolute Gasteiger partial charge is 0.156 e. The fourth-order valence-corrected chi connectivity index (χ4v) is 1.78. The van der Waals surface area contributed by atoms with Gasteiger partial charge in [-0.1, -0.05) is 26.2 Å². The molecule has 1 rings (SSSR count). The first-order valence-corrected chi connectivity index (χ1v) is 6.51. The monoisotopic (exact) mass is 236 g/mol. The molecule has 0 radical (unpaired) electrons. The fraction of sp³-hybridized carbons (Fsp3) is 0.714. The highest BCUT2D eigenvalue weighted by molar-refractivity contribution is 5.13. The highest BCUT2D eigenvalue weighted by Gasteiger charge is 2.19. The molecule has 96 valence electrons. The van der Waals surface area contributed by atoms with E-state index in [-0.39, 0.29) is 5.60 Å². The molecule has 0 saturated carbocycles. The second-order valence-electron chi connectivity index (χ2n) is 5.14. The average molecular weight is 236 g/mol. The van der Waals surface area contributed by atoms with Crippen molar-refractivity contribution in [3.8, 4) is 5.75 Å². The minimum atomic E-state index is -0.133. The minimum Gasteiger partial charge on any atom is -0.485 e. The van der Waals surface area contributed by atoms with Gasteiger partial charge in [0.15, 0.2) is 5.75 Å². The molecule has 0 aromatic carbocycles. The van der Waals surface area contributed by atoms with Crippen LogP contribution in [0, 0.1) is 6.92 Å².